The molecule has 0 fully saturated rings. The van der Waals surface area contributed by atoms with Crippen molar-refractivity contribution < 1.29 is 9.84 Å². The number of aromatic nitrogens is 1. The first kappa shape index (κ1) is 15.0. The Labute approximate surface area is 124 Å². The number of hydrogen-bond donors (Lipinski definition) is 1. The molecular weight excluding hydrogens is 270 g/mol. The van der Waals surface area contributed by atoms with Crippen molar-refractivity contribution in [2.24, 2.45) is 0 Å². The monoisotopic (exact) mass is 291 g/mol. The summed E-state index contributed by atoms with van der Waals surface area (Å²) in [5, 5.41) is 10.3. The van der Waals surface area contributed by atoms with E-state index in [1.807, 2.05) is 31.2 Å². The summed E-state index contributed by atoms with van der Waals surface area (Å²) in [7, 11) is 0. The van der Waals surface area contributed by atoms with Gasteiger partial charge in [-0.3, -0.25) is 0 Å². The van der Waals surface area contributed by atoms with E-state index in [1.165, 1.54) is 16.9 Å². The zero-order valence-electron chi connectivity index (χ0n) is 12.4. The average Bonchev–Trinajstić information content (AvgIpc) is 2.81. The van der Waals surface area contributed by atoms with Crippen LogP contribution in [0.2, 0.25) is 0 Å². The van der Waals surface area contributed by atoms with E-state index in [0.717, 1.165) is 21.3 Å². The van der Waals surface area contributed by atoms with Crippen molar-refractivity contribution in [1.29, 1.82) is 0 Å². The molecule has 0 aliphatic heterocycles. The van der Waals surface area contributed by atoms with Gasteiger partial charge in [-0.1, -0.05) is 38.5 Å². The number of rotatable bonds is 4. The van der Waals surface area contributed by atoms with Crippen molar-refractivity contribution in [1.82, 2.24) is 4.98 Å². The maximum atomic E-state index is 9.44. The molecule has 3 nitrogen and oxygen atoms in total. The topological polar surface area (TPSA) is 42.4 Å². The summed E-state index contributed by atoms with van der Waals surface area (Å²) in [5.41, 5.74) is 2.12. The fourth-order valence-electron chi connectivity index (χ4n) is 1.93. The molecule has 1 aromatic heterocycles. The molecule has 2 rings (SSSR count). The average molecular weight is 291 g/mol. The molecule has 0 spiro atoms. The van der Waals surface area contributed by atoms with Crippen molar-refractivity contribution in [3.8, 4) is 5.75 Å². The van der Waals surface area contributed by atoms with Crippen LogP contribution < -0.4 is 4.74 Å². The maximum Gasteiger partial charge on any atom is 0.140 e. The lowest BCUT2D eigenvalue weighted by molar-refractivity contribution is 0.282. The van der Waals surface area contributed by atoms with Crippen LogP contribution >= 0.6 is 11.3 Å². The van der Waals surface area contributed by atoms with E-state index < -0.39 is 0 Å². The van der Waals surface area contributed by atoms with E-state index in [1.54, 1.807) is 0 Å². The minimum absolute atomic E-state index is 0.0365. The van der Waals surface area contributed by atoms with Crippen molar-refractivity contribution >= 4 is 11.3 Å². The van der Waals surface area contributed by atoms with E-state index in [2.05, 4.69) is 25.8 Å². The molecule has 108 valence electrons. The van der Waals surface area contributed by atoms with Gasteiger partial charge in [0.1, 0.15) is 17.4 Å². The second kappa shape index (κ2) is 5.94. The van der Waals surface area contributed by atoms with Crippen LogP contribution in [0.3, 0.4) is 0 Å². The highest BCUT2D eigenvalue weighted by Gasteiger charge is 2.22. The van der Waals surface area contributed by atoms with Crippen LogP contribution in [0.25, 0.3) is 0 Å². The zero-order chi connectivity index (χ0) is 14.8. The van der Waals surface area contributed by atoms with Crippen molar-refractivity contribution in [3.05, 3.63) is 45.4 Å². The Bertz CT molecular complexity index is 567. The van der Waals surface area contributed by atoms with Gasteiger partial charge in [-0.25, -0.2) is 4.98 Å². The smallest absolute Gasteiger partial charge is 0.140 e. The molecule has 0 saturated carbocycles. The van der Waals surface area contributed by atoms with Crippen LogP contribution in [-0.2, 0) is 18.6 Å². The lowest BCUT2D eigenvalue weighted by atomic mass is 9.91. The number of benzene rings is 1. The number of aliphatic hydroxyl groups excluding tert-OH is 1. The number of hydrogen-bond acceptors (Lipinski definition) is 4. The van der Waals surface area contributed by atoms with Gasteiger partial charge in [-0.05, 0) is 19.1 Å². The number of ether oxygens (including phenoxy) is 1. The van der Waals surface area contributed by atoms with Crippen LogP contribution in [0.4, 0.5) is 0 Å². The Kier molecular flexibility index (Phi) is 4.45. The van der Waals surface area contributed by atoms with Crippen LogP contribution in [0.5, 0.6) is 5.75 Å². The van der Waals surface area contributed by atoms with Gasteiger partial charge in [-0.2, -0.15) is 0 Å². The Hall–Kier alpha value is -1.39. The Balaban J connectivity index is 2.10. The second-order valence-electron chi connectivity index (χ2n) is 5.89. The maximum absolute atomic E-state index is 9.44. The van der Waals surface area contributed by atoms with Crippen LogP contribution in [0, 0.1) is 6.92 Å². The molecule has 0 bridgehead atoms. The quantitative estimate of drug-likeness (QED) is 0.931. The van der Waals surface area contributed by atoms with Gasteiger partial charge in [0.15, 0.2) is 0 Å². The summed E-state index contributed by atoms with van der Waals surface area (Å²) in [5.74, 6) is 0.841. The fraction of sp³-hybridized carbons (Fsp3) is 0.438. The van der Waals surface area contributed by atoms with Gasteiger partial charge in [-0.15, -0.1) is 11.3 Å². The molecular formula is C16H21NO2S. The zero-order valence-corrected chi connectivity index (χ0v) is 13.3. The van der Waals surface area contributed by atoms with Crippen LogP contribution in [0.1, 0.15) is 41.9 Å². The molecule has 1 N–H and O–H groups in total. The standard InChI is InChI=1S/C16H21NO2S/c1-11-5-7-12(8-6-11)19-10-14-17-15(16(2,3)4)13(9-18)20-14/h5-8,18H,9-10H2,1-4H3. The van der Waals surface area contributed by atoms with Crippen molar-refractivity contribution in [3.63, 3.8) is 0 Å². The molecule has 0 radical (unpaired) electrons. The predicted octanol–water partition coefficient (Wildman–Crippen LogP) is 3.82. The van der Waals surface area contributed by atoms with Gasteiger partial charge in [0.05, 0.1) is 17.2 Å². The Morgan fingerprint density at radius 2 is 1.85 bits per heavy atom. The highest BCUT2D eigenvalue weighted by atomic mass is 32.1. The number of aliphatic hydroxyl groups is 1. The Morgan fingerprint density at radius 1 is 1.20 bits per heavy atom. The third-order valence-electron chi connectivity index (χ3n) is 2.98. The molecule has 2 aromatic rings. The minimum Gasteiger partial charge on any atom is -0.486 e. The molecule has 20 heavy (non-hydrogen) atoms. The second-order valence-corrected chi connectivity index (χ2v) is 7.06. The normalized spacial score (nSPS) is 11.7. The van der Waals surface area contributed by atoms with Crippen molar-refractivity contribution in [2.45, 2.75) is 46.3 Å². The summed E-state index contributed by atoms with van der Waals surface area (Å²) >= 11 is 1.52. The van der Waals surface area contributed by atoms with Gasteiger partial charge < -0.3 is 9.84 Å². The summed E-state index contributed by atoms with van der Waals surface area (Å²) in [6, 6.07) is 7.97. The molecule has 0 aliphatic rings. The third-order valence-corrected chi connectivity index (χ3v) is 3.99. The first-order valence-electron chi connectivity index (χ1n) is 6.69. The SMILES string of the molecule is Cc1ccc(OCc2nc(C(C)(C)C)c(CO)s2)cc1. The van der Waals surface area contributed by atoms with E-state index in [4.69, 9.17) is 4.74 Å². The van der Waals surface area contributed by atoms with Crippen LogP contribution in [-0.4, -0.2) is 10.1 Å². The number of aryl methyl sites for hydroxylation is 1. The fourth-order valence-corrected chi connectivity index (χ4v) is 2.99. The van der Waals surface area contributed by atoms with Crippen molar-refractivity contribution in [2.75, 3.05) is 0 Å². The third kappa shape index (κ3) is 3.58. The molecule has 1 aromatic carbocycles. The summed E-state index contributed by atoms with van der Waals surface area (Å²) in [6.07, 6.45) is 0. The molecule has 4 heteroatoms. The van der Waals surface area contributed by atoms with Crippen LogP contribution in [0.15, 0.2) is 24.3 Å². The summed E-state index contributed by atoms with van der Waals surface area (Å²) < 4.78 is 5.74. The summed E-state index contributed by atoms with van der Waals surface area (Å²) in [4.78, 5) is 5.55. The van der Waals surface area contributed by atoms with Gasteiger partial charge in [0.2, 0.25) is 0 Å². The van der Waals surface area contributed by atoms with Gasteiger partial charge >= 0.3 is 0 Å². The molecule has 0 amide bonds. The Morgan fingerprint density at radius 3 is 2.35 bits per heavy atom. The first-order chi connectivity index (χ1) is 9.40. The number of thiazole rings is 1. The minimum atomic E-state index is -0.0589. The highest BCUT2D eigenvalue weighted by Crippen LogP contribution is 2.30. The van der Waals surface area contributed by atoms with Gasteiger partial charge in [0, 0.05) is 5.41 Å². The lowest BCUT2D eigenvalue weighted by Crippen LogP contribution is -2.14. The lowest BCUT2D eigenvalue weighted by Gasteiger charge is -2.16. The largest absolute Gasteiger partial charge is 0.486 e. The van der Waals surface area contributed by atoms with Gasteiger partial charge in [0.25, 0.3) is 0 Å². The van der Waals surface area contributed by atoms with E-state index in [0.29, 0.717) is 6.61 Å². The van der Waals surface area contributed by atoms with E-state index in [9.17, 15) is 5.11 Å². The molecule has 0 unspecified atom stereocenters. The predicted molar refractivity (Wildman–Crippen MR) is 82.2 cm³/mol. The molecule has 1 heterocycles. The summed E-state index contributed by atoms with van der Waals surface area (Å²) in [6.45, 7) is 8.84. The molecule has 0 atom stereocenters. The highest BCUT2D eigenvalue weighted by molar-refractivity contribution is 7.11. The molecule has 0 aliphatic carbocycles. The first-order valence-corrected chi connectivity index (χ1v) is 7.51. The number of nitrogens with zero attached hydrogens (tertiary/aromatic N) is 1. The van der Waals surface area contributed by atoms with E-state index in [-0.39, 0.29) is 12.0 Å². The van der Waals surface area contributed by atoms with E-state index >= 15 is 0 Å². The molecule has 0 saturated heterocycles.